The Labute approximate surface area is 189 Å². The molecule has 7 heteroatoms. The minimum atomic E-state index is -0.164. The fourth-order valence-corrected chi connectivity index (χ4v) is 4.01. The summed E-state index contributed by atoms with van der Waals surface area (Å²) in [5.74, 6) is 0.156. The van der Waals surface area contributed by atoms with Crippen LogP contribution >= 0.6 is 0 Å². The summed E-state index contributed by atoms with van der Waals surface area (Å²) in [4.78, 5) is 27.1. The standard InChI is InChI=1S/C25H32N4O3/c30-17-18-10-12-29(13-11-18)16-20-4-1-2-7-23(20)26-15-24(31)27-22-6-3-5-19(14-22)25(32)28-21-8-9-21/h1-7,14,18,21,26,30H,8-13,15-17H2,(H,27,31)(H,28,32). The number of amides is 2. The summed E-state index contributed by atoms with van der Waals surface area (Å²) in [6.45, 7) is 3.19. The van der Waals surface area contributed by atoms with E-state index in [0.29, 0.717) is 23.2 Å². The van der Waals surface area contributed by atoms with Gasteiger partial charge in [-0.15, -0.1) is 0 Å². The average molecular weight is 437 g/mol. The summed E-state index contributed by atoms with van der Waals surface area (Å²) < 4.78 is 0. The molecule has 170 valence electrons. The van der Waals surface area contributed by atoms with E-state index < -0.39 is 0 Å². The summed E-state index contributed by atoms with van der Waals surface area (Å²) in [6.07, 6.45) is 4.12. The number of hydrogen-bond donors (Lipinski definition) is 4. The van der Waals surface area contributed by atoms with Crippen LogP contribution in [0.4, 0.5) is 11.4 Å². The number of aliphatic hydroxyl groups excluding tert-OH is 1. The van der Waals surface area contributed by atoms with Crippen molar-refractivity contribution in [3.63, 3.8) is 0 Å². The topological polar surface area (TPSA) is 93.7 Å². The molecular formula is C25H32N4O3. The largest absolute Gasteiger partial charge is 0.396 e. The molecule has 1 heterocycles. The lowest BCUT2D eigenvalue weighted by atomic mass is 9.97. The van der Waals surface area contributed by atoms with Crippen LogP contribution in [0.15, 0.2) is 48.5 Å². The molecule has 4 rings (SSSR count). The molecule has 4 N–H and O–H groups in total. The van der Waals surface area contributed by atoms with Crippen molar-refractivity contribution in [1.29, 1.82) is 0 Å². The second kappa shape index (κ2) is 10.6. The van der Waals surface area contributed by atoms with Gasteiger partial charge in [0.15, 0.2) is 0 Å². The van der Waals surface area contributed by atoms with Crippen molar-refractivity contribution in [3.8, 4) is 0 Å². The maximum Gasteiger partial charge on any atom is 0.251 e. The molecule has 0 bridgehead atoms. The second-order valence-corrected chi connectivity index (χ2v) is 8.79. The number of para-hydroxylation sites is 1. The number of likely N-dealkylation sites (tertiary alicyclic amines) is 1. The van der Waals surface area contributed by atoms with E-state index in [1.165, 1.54) is 0 Å². The molecule has 0 unspecified atom stereocenters. The predicted octanol–water partition coefficient (Wildman–Crippen LogP) is 2.83. The highest BCUT2D eigenvalue weighted by atomic mass is 16.3. The minimum Gasteiger partial charge on any atom is -0.396 e. The Morgan fingerprint density at radius 1 is 1.00 bits per heavy atom. The van der Waals surface area contributed by atoms with Crippen LogP contribution in [0.1, 0.15) is 41.6 Å². The van der Waals surface area contributed by atoms with Gasteiger partial charge in [-0.25, -0.2) is 0 Å². The highest BCUT2D eigenvalue weighted by Crippen LogP contribution is 2.22. The number of carbonyl (C=O) groups is 2. The summed E-state index contributed by atoms with van der Waals surface area (Å²) in [7, 11) is 0. The van der Waals surface area contributed by atoms with Crippen LogP contribution in [-0.4, -0.2) is 54.1 Å². The van der Waals surface area contributed by atoms with Gasteiger partial charge in [0.1, 0.15) is 0 Å². The lowest BCUT2D eigenvalue weighted by Crippen LogP contribution is -2.34. The van der Waals surface area contributed by atoms with E-state index in [2.05, 4.69) is 26.9 Å². The van der Waals surface area contributed by atoms with E-state index >= 15 is 0 Å². The lowest BCUT2D eigenvalue weighted by molar-refractivity contribution is -0.114. The Morgan fingerprint density at radius 2 is 1.78 bits per heavy atom. The van der Waals surface area contributed by atoms with Crippen molar-refractivity contribution in [2.24, 2.45) is 5.92 Å². The van der Waals surface area contributed by atoms with E-state index in [1.54, 1.807) is 24.3 Å². The number of rotatable bonds is 9. The number of hydrogen-bond acceptors (Lipinski definition) is 5. The average Bonchev–Trinajstić information content (AvgIpc) is 3.63. The number of nitrogens with one attached hydrogen (secondary N) is 3. The van der Waals surface area contributed by atoms with Crippen molar-refractivity contribution >= 4 is 23.2 Å². The zero-order valence-electron chi connectivity index (χ0n) is 18.3. The SMILES string of the molecule is O=C(CNc1ccccc1CN1CCC(CO)CC1)Nc1cccc(C(=O)NC2CC2)c1. The Balaban J connectivity index is 1.29. The highest BCUT2D eigenvalue weighted by Gasteiger charge is 2.24. The van der Waals surface area contributed by atoms with Crippen LogP contribution in [0.25, 0.3) is 0 Å². The molecule has 0 spiro atoms. The number of benzene rings is 2. The molecule has 1 aliphatic carbocycles. The summed E-state index contributed by atoms with van der Waals surface area (Å²) >= 11 is 0. The van der Waals surface area contributed by atoms with Crippen molar-refractivity contribution in [3.05, 3.63) is 59.7 Å². The van der Waals surface area contributed by atoms with Gasteiger partial charge in [-0.1, -0.05) is 24.3 Å². The van der Waals surface area contributed by atoms with Crippen LogP contribution in [0.5, 0.6) is 0 Å². The lowest BCUT2D eigenvalue weighted by Gasteiger charge is -2.31. The Kier molecular flexibility index (Phi) is 7.39. The molecule has 2 fully saturated rings. The van der Waals surface area contributed by atoms with E-state index in [-0.39, 0.29) is 25.0 Å². The first-order valence-electron chi connectivity index (χ1n) is 11.5. The second-order valence-electron chi connectivity index (χ2n) is 8.79. The third-order valence-electron chi connectivity index (χ3n) is 6.14. The number of nitrogens with zero attached hydrogens (tertiary/aromatic N) is 1. The van der Waals surface area contributed by atoms with Crippen LogP contribution in [0.2, 0.25) is 0 Å². The predicted molar refractivity (Wildman–Crippen MR) is 126 cm³/mol. The van der Waals surface area contributed by atoms with Gasteiger partial charge in [-0.2, -0.15) is 0 Å². The number of piperidine rings is 1. The van der Waals surface area contributed by atoms with Gasteiger partial charge in [0.25, 0.3) is 5.91 Å². The van der Waals surface area contributed by atoms with Crippen LogP contribution in [0.3, 0.4) is 0 Å². The molecule has 2 aromatic carbocycles. The quantitative estimate of drug-likeness (QED) is 0.485. The summed E-state index contributed by atoms with van der Waals surface area (Å²) in [5, 5.41) is 18.4. The van der Waals surface area contributed by atoms with E-state index in [0.717, 1.165) is 56.6 Å². The first kappa shape index (κ1) is 22.3. The van der Waals surface area contributed by atoms with Crippen molar-refractivity contribution in [1.82, 2.24) is 10.2 Å². The highest BCUT2D eigenvalue weighted by molar-refractivity contribution is 5.98. The molecule has 7 nitrogen and oxygen atoms in total. The molecule has 0 atom stereocenters. The molecular weight excluding hydrogens is 404 g/mol. The molecule has 0 radical (unpaired) electrons. The fraction of sp³-hybridized carbons (Fsp3) is 0.440. The first-order valence-corrected chi connectivity index (χ1v) is 11.5. The smallest absolute Gasteiger partial charge is 0.251 e. The van der Waals surface area contributed by atoms with Crippen molar-refractivity contribution in [2.45, 2.75) is 38.3 Å². The van der Waals surface area contributed by atoms with Gasteiger partial charge >= 0.3 is 0 Å². The van der Waals surface area contributed by atoms with Crippen LogP contribution < -0.4 is 16.0 Å². The molecule has 1 aliphatic heterocycles. The van der Waals surface area contributed by atoms with Gasteiger partial charge in [-0.3, -0.25) is 14.5 Å². The van der Waals surface area contributed by atoms with Crippen molar-refractivity contribution < 1.29 is 14.7 Å². The zero-order valence-corrected chi connectivity index (χ0v) is 18.3. The molecule has 2 aliphatic rings. The first-order chi connectivity index (χ1) is 15.6. The molecule has 1 saturated heterocycles. The maximum atomic E-state index is 12.5. The number of carbonyl (C=O) groups excluding carboxylic acids is 2. The summed E-state index contributed by atoms with van der Waals surface area (Å²) in [5.41, 5.74) is 3.27. The molecule has 0 aromatic heterocycles. The molecule has 2 amide bonds. The number of aliphatic hydroxyl groups is 1. The summed E-state index contributed by atoms with van der Waals surface area (Å²) in [6, 6.07) is 15.4. The molecule has 32 heavy (non-hydrogen) atoms. The zero-order chi connectivity index (χ0) is 22.3. The third-order valence-corrected chi connectivity index (χ3v) is 6.14. The molecule has 1 saturated carbocycles. The van der Waals surface area contributed by atoms with Gasteiger partial charge in [-0.05, 0) is 74.5 Å². The van der Waals surface area contributed by atoms with E-state index in [4.69, 9.17) is 0 Å². The third kappa shape index (κ3) is 6.31. The van der Waals surface area contributed by atoms with Gasteiger partial charge in [0.2, 0.25) is 5.91 Å². The van der Waals surface area contributed by atoms with E-state index in [9.17, 15) is 14.7 Å². The fourth-order valence-electron chi connectivity index (χ4n) is 4.01. The Morgan fingerprint density at radius 3 is 2.53 bits per heavy atom. The normalized spacial score (nSPS) is 17.0. The van der Waals surface area contributed by atoms with E-state index in [1.807, 2.05) is 18.2 Å². The van der Waals surface area contributed by atoms with Crippen LogP contribution in [-0.2, 0) is 11.3 Å². The maximum absolute atomic E-state index is 12.5. The molecule has 2 aromatic rings. The van der Waals surface area contributed by atoms with Crippen LogP contribution in [0, 0.1) is 5.92 Å². The Hall–Kier alpha value is -2.90. The monoisotopic (exact) mass is 436 g/mol. The van der Waals surface area contributed by atoms with Crippen molar-refractivity contribution in [2.75, 3.05) is 36.9 Å². The van der Waals surface area contributed by atoms with Gasteiger partial charge in [0, 0.05) is 36.1 Å². The van der Waals surface area contributed by atoms with Gasteiger partial charge < -0.3 is 21.1 Å². The van der Waals surface area contributed by atoms with Gasteiger partial charge in [0.05, 0.1) is 6.54 Å². The number of anilines is 2. The minimum absolute atomic E-state index is 0.0985. The Bertz CT molecular complexity index is 936.